The molecule has 0 bridgehead atoms. The SMILES string of the molecule is CCOC(=O)C1CCCN(C(=O)CN(C)C(=O)C(C)Oc2ccc(C(C)(C)C)cc2)C1. The summed E-state index contributed by atoms with van der Waals surface area (Å²) in [5.74, 6) is -0.387. The second-order valence-corrected chi connectivity index (χ2v) is 9.16. The molecule has 7 heteroatoms. The van der Waals surface area contributed by atoms with E-state index in [-0.39, 0.29) is 35.7 Å². The summed E-state index contributed by atoms with van der Waals surface area (Å²) in [6, 6.07) is 7.71. The van der Waals surface area contributed by atoms with E-state index < -0.39 is 6.10 Å². The predicted octanol–water partition coefficient (Wildman–Crippen LogP) is 3.01. The van der Waals surface area contributed by atoms with E-state index >= 15 is 0 Å². The Morgan fingerprint density at radius 2 is 1.84 bits per heavy atom. The molecule has 2 amide bonds. The van der Waals surface area contributed by atoms with Gasteiger partial charge in [0.2, 0.25) is 5.91 Å². The van der Waals surface area contributed by atoms with Crippen molar-refractivity contribution in [3.05, 3.63) is 29.8 Å². The molecule has 0 spiro atoms. The number of carbonyl (C=O) groups excluding carboxylic acids is 3. The van der Waals surface area contributed by atoms with Gasteiger partial charge in [-0.25, -0.2) is 0 Å². The van der Waals surface area contributed by atoms with Gasteiger partial charge in [0.15, 0.2) is 6.10 Å². The van der Waals surface area contributed by atoms with Crippen molar-refractivity contribution in [3.8, 4) is 5.75 Å². The Morgan fingerprint density at radius 3 is 2.42 bits per heavy atom. The molecular formula is C24H36N2O5. The summed E-state index contributed by atoms with van der Waals surface area (Å²) in [6.45, 7) is 11.1. The van der Waals surface area contributed by atoms with Crippen molar-refractivity contribution in [3.63, 3.8) is 0 Å². The average molecular weight is 433 g/mol. The summed E-state index contributed by atoms with van der Waals surface area (Å²) >= 11 is 0. The van der Waals surface area contributed by atoms with Crippen LogP contribution in [0.3, 0.4) is 0 Å². The number of hydrogen-bond donors (Lipinski definition) is 0. The van der Waals surface area contributed by atoms with Crippen LogP contribution in [0.1, 0.15) is 53.0 Å². The first-order valence-corrected chi connectivity index (χ1v) is 11.0. The van der Waals surface area contributed by atoms with Gasteiger partial charge in [-0.05, 0) is 49.8 Å². The van der Waals surface area contributed by atoms with Crippen LogP contribution in [0.2, 0.25) is 0 Å². The molecule has 1 aliphatic rings. The Hall–Kier alpha value is -2.57. The highest BCUT2D eigenvalue weighted by Crippen LogP contribution is 2.25. The molecule has 0 saturated carbocycles. The Balaban J connectivity index is 1.89. The molecule has 1 heterocycles. The van der Waals surface area contributed by atoms with Crippen molar-refractivity contribution in [2.45, 2.75) is 59.0 Å². The number of benzene rings is 1. The number of piperidine rings is 1. The van der Waals surface area contributed by atoms with E-state index in [1.807, 2.05) is 24.3 Å². The molecule has 1 fully saturated rings. The molecule has 2 unspecified atom stereocenters. The van der Waals surface area contributed by atoms with Gasteiger partial charge in [-0.15, -0.1) is 0 Å². The minimum atomic E-state index is -0.716. The molecular weight excluding hydrogens is 396 g/mol. The zero-order chi connectivity index (χ0) is 23.2. The minimum absolute atomic E-state index is 0.0429. The Morgan fingerprint density at radius 1 is 1.19 bits per heavy atom. The van der Waals surface area contributed by atoms with Crippen LogP contribution >= 0.6 is 0 Å². The molecule has 2 atom stereocenters. The molecule has 7 nitrogen and oxygen atoms in total. The highest BCUT2D eigenvalue weighted by Gasteiger charge is 2.30. The topological polar surface area (TPSA) is 76.2 Å². The molecule has 172 valence electrons. The number of amides is 2. The third-order valence-corrected chi connectivity index (χ3v) is 5.52. The average Bonchev–Trinajstić information content (AvgIpc) is 2.73. The molecule has 0 N–H and O–H groups in total. The van der Waals surface area contributed by atoms with Crippen LogP contribution in [0.25, 0.3) is 0 Å². The molecule has 2 rings (SSSR count). The van der Waals surface area contributed by atoms with E-state index in [4.69, 9.17) is 9.47 Å². The highest BCUT2D eigenvalue weighted by atomic mass is 16.5. The number of hydrogen-bond acceptors (Lipinski definition) is 5. The first kappa shape index (κ1) is 24.7. The maximum atomic E-state index is 12.7. The molecule has 31 heavy (non-hydrogen) atoms. The van der Waals surface area contributed by atoms with Crippen molar-refractivity contribution in [1.29, 1.82) is 0 Å². The zero-order valence-electron chi connectivity index (χ0n) is 19.6. The van der Waals surface area contributed by atoms with Crippen LogP contribution in [0, 0.1) is 5.92 Å². The Kier molecular flexibility index (Phi) is 8.48. The van der Waals surface area contributed by atoms with Crippen molar-refractivity contribution in [1.82, 2.24) is 9.80 Å². The summed E-state index contributed by atoms with van der Waals surface area (Å²) in [4.78, 5) is 40.4. The van der Waals surface area contributed by atoms with Crippen LogP contribution in [-0.2, 0) is 24.5 Å². The van der Waals surface area contributed by atoms with Crippen LogP contribution in [-0.4, -0.2) is 67.0 Å². The maximum Gasteiger partial charge on any atom is 0.310 e. The number of likely N-dealkylation sites (N-methyl/N-ethyl adjacent to an activating group) is 1. The summed E-state index contributed by atoms with van der Waals surface area (Å²) in [7, 11) is 1.59. The number of carbonyl (C=O) groups is 3. The summed E-state index contributed by atoms with van der Waals surface area (Å²) in [5.41, 5.74) is 1.23. The number of likely N-dealkylation sites (tertiary alicyclic amines) is 1. The third kappa shape index (κ3) is 6.97. The quantitative estimate of drug-likeness (QED) is 0.619. The molecule has 0 aromatic heterocycles. The van der Waals surface area contributed by atoms with Crippen molar-refractivity contribution >= 4 is 17.8 Å². The third-order valence-electron chi connectivity index (χ3n) is 5.52. The molecule has 0 radical (unpaired) electrons. The van der Waals surface area contributed by atoms with E-state index in [0.717, 1.165) is 12.8 Å². The highest BCUT2D eigenvalue weighted by molar-refractivity contribution is 5.87. The Bertz CT molecular complexity index is 769. The fraction of sp³-hybridized carbons (Fsp3) is 0.625. The van der Waals surface area contributed by atoms with E-state index in [9.17, 15) is 14.4 Å². The lowest BCUT2D eigenvalue weighted by Gasteiger charge is -2.33. The monoisotopic (exact) mass is 432 g/mol. The lowest BCUT2D eigenvalue weighted by Crippen LogP contribution is -2.48. The Labute approximate surface area is 185 Å². The number of ether oxygens (including phenoxy) is 2. The van der Waals surface area contributed by atoms with Gasteiger partial charge < -0.3 is 19.3 Å². The van der Waals surface area contributed by atoms with Gasteiger partial charge in [0.25, 0.3) is 5.91 Å². The first-order chi connectivity index (χ1) is 14.5. The van der Waals surface area contributed by atoms with E-state index in [2.05, 4.69) is 20.8 Å². The normalized spacial score (nSPS) is 17.6. The number of rotatable bonds is 7. The fourth-order valence-electron chi connectivity index (χ4n) is 3.64. The standard InChI is InChI=1S/C24H36N2O5/c1-7-30-23(29)18-9-8-14-26(15-18)21(27)16-25(6)22(28)17(2)31-20-12-10-19(11-13-20)24(3,4)5/h10-13,17-18H,7-9,14-16H2,1-6H3. The molecule has 1 aromatic rings. The van der Waals surface area contributed by atoms with Gasteiger partial charge in [0, 0.05) is 20.1 Å². The molecule has 1 saturated heterocycles. The smallest absolute Gasteiger partial charge is 0.310 e. The van der Waals surface area contributed by atoms with Crippen molar-refractivity contribution in [2.24, 2.45) is 5.92 Å². The number of esters is 1. The maximum absolute atomic E-state index is 12.7. The van der Waals surface area contributed by atoms with Crippen molar-refractivity contribution < 1.29 is 23.9 Å². The van der Waals surface area contributed by atoms with Gasteiger partial charge in [0.1, 0.15) is 5.75 Å². The lowest BCUT2D eigenvalue weighted by atomic mass is 9.87. The van der Waals surface area contributed by atoms with E-state index in [1.165, 1.54) is 10.5 Å². The van der Waals surface area contributed by atoms with Crippen LogP contribution < -0.4 is 4.74 Å². The van der Waals surface area contributed by atoms with Gasteiger partial charge in [-0.3, -0.25) is 14.4 Å². The van der Waals surface area contributed by atoms with E-state index in [0.29, 0.717) is 25.4 Å². The lowest BCUT2D eigenvalue weighted by molar-refractivity contribution is -0.152. The number of nitrogens with zero attached hydrogens (tertiary/aromatic N) is 2. The van der Waals surface area contributed by atoms with E-state index in [1.54, 1.807) is 25.8 Å². The van der Waals surface area contributed by atoms with Crippen LogP contribution in [0.5, 0.6) is 5.75 Å². The van der Waals surface area contributed by atoms with Gasteiger partial charge in [0.05, 0.1) is 19.1 Å². The second kappa shape index (κ2) is 10.6. The molecule has 1 aromatic carbocycles. The molecule has 1 aliphatic heterocycles. The van der Waals surface area contributed by atoms with Crippen LogP contribution in [0.4, 0.5) is 0 Å². The summed E-state index contributed by atoms with van der Waals surface area (Å²) in [6.07, 6.45) is 0.750. The van der Waals surface area contributed by atoms with Crippen molar-refractivity contribution in [2.75, 3.05) is 33.3 Å². The summed E-state index contributed by atoms with van der Waals surface area (Å²) < 4.78 is 10.9. The van der Waals surface area contributed by atoms with Gasteiger partial charge in [-0.1, -0.05) is 32.9 Å². The second-order valence-electron chi connectivity index (χ2n) is 9.16. The van der Waals surface area contributed by atoms with Crippen LogP contribution in [0.15, 0.2) is 24.3 Å². The predicted molar refractivity (Wildman–Crippen MR) is 119 cm³/mol. The molecule has 0 aliphatic carbocycles. The zero-order valence-corrected chi connectivity index (χ0v) is 19.6. The van der Waals surface area contributed by atoms with Gasteiger partial charge >= 0.3 is 5.97 Å². The summed E-state index contributed by atoms with van der Waals surface area (Å²) in [5, 5.41) is 0. The largest absolute Gasteiger partial charge is 0.481 e. The van der Waals surface area contributed by atoms with Gasteiger partial charge in [-0.2, -0.15) is 0 Å². The minimum Gasteiger partial charge on any atom is -0.481 e. The fourth-order valence-corrected chi connectivity index (χ4v) is 3.64. The first-order valence-electron chi connectivity index (χ1n) is 11.0.